The fraction of sp³-hybridized carbons (Fsp3) is 0.346. The molecule has 0 aliphatic heterocycles. The molecule has 5 rings (SSSR count). The summed E-state index contributed by atoms with van der Waals surface area (Å²) in [6, 6.07) is 16.5. The molecule has 6 heteroatoms. The summed E-state index contributed by atoms with van der Waals surface area (Å²) in [5.74, 6) is 1.29. The normalized spacial score (nSPS) is 14.6. The van der Waals surface area contributed by atoms with Gasteiger partial charge in [0.1, 0.15) is 5.69 Å². The van der Waals surface area contributed by atoms with Crippen molar-refractivity contribution in [3.05, 3.63) is 71.0 Å². The number of aromatic nitrogens is 3. The van der Waals surface area contributed by atoms with Crippen molar-refractivity contribution in [3.63, 3.8) is 0 Å². The molecular formula is C26H28N4O2. The zero-order valence-electron chi connectivity index (χ0n) is 18.8. The standard InChI is InChI=1S/C26H28N4O2/c1-4-19-20-16-17(2)10-11-21(20)27-23(19)24-28-22(29-32-24)12-15-30(3)25(31)26(13-14-26)18-8-6-5-7-9-18/h5-11,16,27H,4,12-15H2,1-3H3. The Hall–Kier alpha value is -3.41. The van der Waals surface area contributed by atoms with Crippen LogP contribution in [0.25, 0.3) is 22.5 Å². The molecule has 1 aliphatic carbocycles. The van der Waals surface area contributed by atoms with E-state index in [-0.39, 0.29) is 11.3 Å². The van der Waals surface area contributed by atoms with Crippen LogP contribution in [-0.4, -0.2) is 39.5 Å². The number of carbonyl (C=O) groups is 1. The average molecular weight is 429 g/mol. The smallest absolute Gasteiger partial charge is 0.274 e. The van der Waals surface area contributed by atoms with Crippen LogP contribution in [-0.2, 0) is 23.1 Å². The van der Waals surface area contributed by atoms with Gasteiger partial charge in [-0.15, -0.1) is 0 Å². The molecule has 1 fully saturated rings. The van der Waals surface area contributed by atoms with Crippen molar-refractivity contribution in [2.45, 2.75) is 44.9 Å². The Morgan fingerprint density at radius 1 is 1.19 bits per heavy atom. The Kier molecular flexibility index (Phi) is 5.08. The van der Waals surface area contributed by atoms with Gasteiger partial charge >= 0.3 is 0 Å². The van der Waals surface area contributed by atoms with E-state index in [0.29, 0.717) is 24.7 Å². The van der Waals surface area contributed by atoms with Crippen LogP contribution in [0.1, 0.15) is 42.3 Å². The van der Waals surface area contributed by atoms with Gasteiger partial charge in [0.2, 0.25) is 5.91 Å². The van der Waals surface area contributed by atoms with Crippen molar-refractivity contribution in [2.24, 2.45) is 0 Å². The monoisotopic (exact) mass is 428 g/mol. The van der Waals surface area contributed by atoms with Crippen LogP contribution in [0.15, 0.2) is 53.1 Å². The zero-order valence-corrected chi connectivity index (χ0v) is 18.8. The number of fused-ring (bicyclic) bond motifs is 1. The molecule has 32 heavy (non-hydrogen) atoms. The van der Waals surface area contributed by atoms with Crippen molar-refractivity contribution >= 4 is 16.8 Å². The first-order valence-corrected chi connectivity index (χ1v) is 11.3. The summed E-state index contributed by atoms with van der Waals surface area (Å²) in [5.41, 5.74) is 5.13. The van der Waals surface area contributed by atoms with Crippen molar-refractivity contribution in [2.75, 3.05) is 13.6 Å². The maximum atomic E-state index is 13.1. The van der Waals surface area contributed by atoms with Gasteiger partial charge in [-0.05, 0) is 49.4 Å². The predicted octanol–water partition coefficient (Wildman–Crippen LogP) is 4.82. The third-order valence-electron chi connectivity index (χ3n) is 6.60. The molecule has 1 amide bonds. The molecule has 6 nitrogen and oxygen atoms in total. The number of H-pyrrole nitrogens is 1. The summed E-state index contributed by atoms with van der Waals surface area (Å²) < 4.78 is 5.60. The Balaban J connectivity index is 1.30. The van der Waals surface area contributed by atoms with E-state index in [1.165, 1.54) is 16.5 Å². The Bertz CT molecular complexity index is 1270. The molecule has 0 atom stereocenters. The molecule has 0 spiro atoms. The second-order valence-electron chi connectivity index (χ2n) is 8.82. The maximum Gasteiger partial charge on any atom is 0.274 e. The van der Waals surface area contributed by atoms with Gasteiger partial charge in [0.25, 0.3) is 5.89 Å². The van der Waals surface area contributed by atoms with Gasteiger partial charge in [0.15, 0.2) is 5.82 Å². The van der Waals surface area contributed by atoms with Crippen molar-refractivity contribution in [1.82, 2.24) is 20.0 Å². The second kappa shape index (κ2) is 7.93. The summed E-state index contributed by atoms with van der Waals surface area (Å²) in [6.45, 7) is 4.78. The fourth-order valence-electron chi connectivity index (χ4n) is 4.61. The predicted molar refractivity (Wildman–Crippen MR) is 124 cm³/mol. The van der Waals surface area contributed by atoms with Crippen molar-refractivity contribution < 1.29 is 9.32 Å². The number of amides is 1. The lowest BCUT2D eigenvalue weighted by molar-refractivity contribution is -0.132. The highest BCUT2D eigenvalue weighted by molar-refractivity contribution is 5.91. The molecule has 0 bridgehead atoms. The van der Waals surface area contributed by atoms with Crippen molar-refractivity contribution in [3.8, 4) is 11.6 Å². The molecule has 164 valence electrons. The molecule has 2 heterocycles. The highest BCUT2D eigenvalue weighted by atomic mass is 16.5. The highest BCUT2D eigenvalue weighted by Gasteiger charge is 2.52. The summed E-state index contributed by atoms with van der Waals surface area (Å²) in [7, 11) is 1.86. The lowest BCUT2D eigenvalue weighted by Gasteiger charge is -2.23. The van der Waals surface area contributed by atoms with Crippen LogP contribution in [0.2, 0.25) is 0 Å². The van der Waals surface area contributed by atoms with E-state index in [1.807, 2.05) is 25.2 Å². The number of aryl methyl sites for hydroxylation is 2. The van der Waals surface area contributed by atoms with Gasteiger partial charge in [-0.3, -0.25) is 4.79 Å². The Morgan fingerprint density at radius 3 is 2.69 bits per heavy atom. The van der Waals surface area contributed by atoms with Crippen LogP contribution in [0.5, 0.6) is 0 Å². The Morgan fingerprint density at radius 2 is 1.97 bits per heavy atom. The quantitative estimate of drug-likeness (QED) is 0.458. The second-order valence-corrected chi connectivity index (χ2v) is 8.82. The first-order chi connectivity index (χ1) is 15.5. The lowest BCUT2D eigenvalue weighted by atomic mass is 9.94. The fourth-order valence-corrected chi connectivity index (χ4v) is 4.61. The van der Waals surface area contributed by atoms with E-state index >= 15 is 0 Å². The summed E-state index contributed by atoms with van der Waals surface area (Å²) in [6.07, 6.45) is 3.24. The third kappa shape index (κ3) is 3.49. The number of likely N-dealkylation sites (N-methyl/N-ethyl adjacent to an activating group) is 1. The number of benzene rings is 2. The number of aromatic amines is 1. The maximum absolute atomic E-state index is 13.1. The van der Waals surface area contributed by atoms with Gasteiger partial charge in [0.05, 0.1) is 5.41 Å². The number of rotatable bonds is 7. The van der Waals surface area contributed by atoms with E-state index in [9.17, 15) is 4.79 Å². The van der Waals surface area contributed by atoms with Crippen LogP contribution in [0.4, 0.5) is 0 Å². The molecule has 0 radical (unpaired) electrons. The molecule has 2 aromatic heterocycles. The third-order valence-corrected chi connectivity index (χ3v) is 6.60. The van der Waals surface area contributed by atoms with E-state index in [0.717, 1.165) is 36.0 Å². The van der Waals surface area contributed by atoms with E-state index in [4.69, 9.17) is 4.52 Å². The van der Waals surface area contributed by atoms with Crippen LogP contribution < -0.4 is 0 Å². The van der Waals surface area contributed by atoms with Crippen LogP contribution >= 0.6 is 0 Å². The molecular weight excluding hydrogens is 400 g/mol. The van der Waals surface area contributed by atoms with Crippen LogP contribution in [0, 0.1) is 6.92 Å². The SMILES string of the molecule is CCc1c(-c2nc(CCN(C)C(=O)C3(c4ccccc4)CC3)no2)[nH]c2ccc(C)cc12. The minimum absolute atomic E-state index is 0.173. The minimum Gasteiger partial charge on any atom is -0.350 e. The number of carbonyl (C=O) groups excluding carboxylic acids is 1. The summed E-state index contributed by atoms with van der Waals surface area (Å²) in [5, 5.41) is 5.38. The van der Waals surface area contributed by atoms with Gasteiger partial charge < -0.3 is 14.4 Å². The van der Waals surface area contributed by atoms with Gasteiger partial charge in [-0.1, -0.05) is 54.0 Å². The number of nitrogens with zero attached hydrogens (tertiary/aromatic N) is 3. The number of nitrogens with one attached hydrogen (secondary N) is 1. The zero-order chi connectivity index (χ0) is 22.3. The highest BCUT2D eigenvalue weighted by Crippen LogP contribution is 2.49. The topological polar surface area (TPSA) is 75.0 Å². The molecule has 1 aliphatic rings. The summed E-state index contributed by atoms with van der Waals surface area (Å²) >= 11 is 0. The van der Waals surface area contributed by atoms with E-state index in [2.05, 4.69) is 59.3 Å². The van der Waals surface area contributed by atoms with Gasteiger partial charge in [-0.25, -0.2) is 0 Å². The molecule has 1 N–H and O–H groups in total. The minimum atomic E-state index is -0.350. The molecule has 1 saturated carbocycles. The lowest BCUT2D eigenvalue weighted by Crippen LogP contribution is -2.37. The summed E-state index contributed by atoms with van der Waals surface area (Å²) in [4.78, 5) is 23.0. The van der Waals surface area contributed by atoms with Crippen molar-refractivity contribution in [1.29, 1.82) is 0 Å². The molecule has 0 unspecified atom stereocenters. The Labute approximate surface area is 187 Å². The number of hydrogen-bond donors (Lipinski definition) is 1. The van der Waals surface area contributed by atoms with Gasteiger partial charge in [-0.2, -0.15) is 4.98 Å². The van der Waals surface area contributed by atoms with E-state index in [1.54, 1.807) is 4.90 Å². The molecule has 4 aromatic rings. The first-order valence-electron chi connectivity index (χ1n) is 11.3. The molecule has 0 saturated heterocycles. The molecule has 2 aromatic carbocycles. The first kappa shape index (κ1) is 20.5. The number of hydrogen-bond acceptors (Lipinski definition) is 4. The van der Waals surface area contributed by atoms with Gasteiger partial charge in [0, 0.05) is 30.9 Å². The average Bonchev–Trinajstić information content (AvgIpc) is 3.35. The van der Waals surface area contributed by atoms with E-state index < -0.39 is 0 Å². The van der Waals surface area contributed by atoms with Crippen LogP contribution in [0.3, 0.4) is 0 Å². The largest absolute Gasteiger partial charge is 0.350 e.